The maximum atomic E-state index is 11.3. The zero-order valence-corrected chi connectivity index (χ0v) is 15.7. The Hall–Kier alpha value is -0.990. The first-order valence-electron chi connectivity index (χ1n) is 9.32. The molecule has 5 unspecified atom stereocenters. The molecule has 2 fully saturated rings. The van der Waals surface area contributed by atoms with Gasteiger partial charge in [0.15, 0.2) is 0 Å². The third-order valence-corrected chi connectivity index (χ3v) is 7.15. The van der Waals surface area contributed by atoms with Crippen molar-refractivity contribution in [2.75, 3.05) is 6.54 Å². The Bertz CT molecular complexity index is 470. The van der Waals surface area contributed by atoms with Crippen LogP contribution < -0.4 is 11.1 Å². The number of nitrogens with one attached hydrogen (secondary N) is 1. The van der Waals surface area contributed by atoms with E-state index in [2.05, 4.69) is 39.6 Å². The molecule has 2 aliphatic rings. The van der Waals surface area contributed by atoms with Gasteiger partial charge < -0.3 is 11.1 Å². The van der Waals surface area contributed by atoms with Crippen molar-refractivity contribution in [3.63, 3.8) is 0 Å². The second-order valence-corrected chi connectivity index (χ2v) is 8.93. The van der Waals surface area contributed by atoms with Crippen molar-refractivity contribution in [1.82, 2.24) is 5.32 Å². The van der Waals surface area contributed by atoms with Crippen LogP contribution in [0.15, 0.2) is 12.3 Å². The van der Waals surface area contributed by atoms with Gasteiger partial charge in [0.25, 0.3) is 0 Å². The fraction of sp³-hybridized carbons (Fsp3) is 0.850. The number of allylic oxidation sites excluding steroid dienone is 1. The van der Waals surface area contributed by atoms with E-state index >= 15 is 0 Å². The average Bonchev–Trinajstić information content (AvgIpc) is 2.81. The molecule has 0 saturated heterocycles. The molecule has 0 spiro atoms. The van der Waals surface area contributed by atoms with Crippen LogP contribution in [0.5, 0.6) is 0 Å². The predicted molar refractivity (Wildman–Crippen MR) is 96.6 cm³/mol. The van der Waals surface area contributed by atoms with Crippen LogP contribution in [0.3, 0.4) is 0 Å². The monoisotopic (exact) mass is 320 g/mol. The van der Waals surface area contributed by atoms with Crippen LogP contribution in [0.1, 0.15) is 66.7 Å². The lowest BCUT2D eigenvalue weighted by molar-refractivity contribution is -0.120. The molecule has 0 heterocycles. The van der Waals surface area contributed by atoms with Gasteiger partial charge in [-0.2, -0.15) is 0 Å². The molecule has 2 rings (SSSR count). The zero-order valence-electron chi connectivity index (χ0n) is 15.7. The molecule has 0 radical (unpaired) electrons. The molecule has 23 heavy (non-hydrogen) atoms. The van der Waals surface area contributed by atoms with E-state index in [0.29, 0.717) is 17.3 Å². The van der Waals surface area contributed by atoms with E-state index in [1.165, 1.54) is 32.1 Å². The quantitative estimate of drug-likeness (QED) is 0.801. The molecular weight excluding hydrogens is 284 g/mol. The summed E-state index contributed by atoms with van der Waals surface area (Å²) in [5.41, 5.74) is 7.50. The smallest absolute Gasteiger partial charge is 0.216 e. The van der Waals surface area contributed by atoms with E-state index in [-0.39, 0.29) is 11.3 Å². The van der Waals surface area contributed by atoms with Gasteiger partial charge in [0.2, 0.25) is 5.91 Å². The topological polar surface area (TPSA) is 55.1 Å². The van der Waals surface area contributed by atoms with E-state index < -0.39 is 0 Å². The van der Waals surface area contributed by atoms with Crippen molar-refractivity contribution in [3.8, 4) is 0 Å². The molecule has 0 bridgehead atoms. The molecule has 0 aromatic carbocycles. The highest BCUT2D eigenvalue weighted by Crippen LogP contribution is 2.62. The van der Waals surface area contributed by atoms with E-state index in [1.807, 2.05) is 0 Å². The van der Waals surface area contributed by atoms with E-state index in [9.17, 15) is 4.79 Å². The van der Waals surface area contributed by atoms with Crippen LogP contribution in [0.2, 0.25) is 0 Å². The van der Waals surface area contributed by atoms with Gasteiger partial charge in [0.1, 0.15) is 0 Å². The highest BCUT2D eigenvalue weighted by atomic mass is 16.1. The summed E-state index contributed by atoms with van der Waals surface area (Å²) in [4.78, 5) is 11.3. The van der Waals surface area contributed by atoms with Crippen molar-refractivity contribution in [1.29, 1.82) is 0 Å². The second kappa shape index (κ2) is 6.49. The van der Waals surface area contributed by atoms with Gasteiger partial charge in [0.05, 0.1) is 0 Å². The lowest BCUT2D eigenvalue weighted by Crippen LogP contribution is -2.49. The summed E-state index contributed by atoms with van der Waals surface area (Å²) in [5, 5.41) is 3.05. The third-order valence-electron chi connectivity index (χ3n) is 7.15. The van der Waals surface area contributed by atoms with Crippen LogP contribution in [0.25, 0.3) is 0 Å². The highest BCUT2D eigenvalue weighted by molar-refractivity contribution is 5.72. The largest absolute Gasteiger partial charge is 0.402 e. The summed E-state index contributed by atoms with van der Waals surface area (Å²) in [5.74, 6) is 2.70. The van der Waals surface area contributed by atoms with Crippen molar-refractivity contribution in [2.24, 2.45) is 40.2 Å². The standard InChI is InChI=1S/C20H36N2O/c1-7-15-17(19(4,5)12-22-14(3)23)10-11-20(6)16(13(2)21)8-9-18(15)20/h15-18H,2,7-12,21H2,1,3-6H3,(H,22,23). The van der Waals surface area contributed by atoms with Crippen LogP contribution in [-0.4, -0.2) is 12.5 Å². The Morgan fingerprint density at radius 3 is 2.52 bits per heavy atom. The van der Waals surface area contributed by atoms with Crippen molar-refractivity contribution in [2.45, 2.75) is 66.7 Å². The maximum Gasteiger partial charge on any atom is 0.216 e. The van der Waals surface area contributed by atoms with Crippen LogP contribution in [-0.2, 0) is 4.79 Å². The minimum atomic E-state index is 0.0760. The van der Waals surface area contributed by atoms with Gasteiger partial charge in [-0.25, -0.2) is 0 Å². The first kappa shape index (κ1) is 18.4. The lowest BCUT2D eigenvalue weighted by Gasteiger charge is -2.53. The van der Waals surface area contributed by atoms with E-state index in [0.717, 1.165) is 24.1 Å². The number of hydrogen-bond acceptors (Lipinski definition) is 2. The number of amides is 1. The minimum Gasteiger partial charge on any atom is -0.402 e. The predicted octanol–water partition coefficient (Wildman–Crippen LogP) is 4.09. The number of rotatable bonds is 5. The molecule has 0 aromatic heterocycles. The van der Waals surface area contributed by atoms with Crippen LogP contribution >= 0.6 is 0 Å². The molecule has 132 valence electrons. The Kier molecular flexibility index (Phi) is 5.18. The van der Waals surface area contributed by atoms with Crippen molar-refractivity contribution >= 4 is 5.91 Å². The number of carbonyl (C=O) groups excluding carboxylic acids is 1. The maximum absolute atomic E-state index is 11.3. The highest BCUT2D eigenvalue weighted by Gasteiger charge is 2.55. The van der Waals surface area contributed by atoms with Gasteiger partial charge in [-0.15, -0.1) is 0 Å². The van der Waals surface area contributed by atoms with E-state index in [1.54, 1.807) is 6.92 Å². The fourth-order valence-corrected chi connectivity index (χ4v) is 5.92. The second-order valence-electron chi connectivity index (χ2n) is 8.93. The molecule has 3 N–H and O–H groups in total. The molecule has 0 aliphatic heterocycles. The summed E-state index contributed by atoms with van der Waals surface area (Å²) >= 11 is 0. The number of nitrogens with two attached hydrogens (primary N) is 1. The van der Waals surface area contributed by atoms with Crippen LogP contribution in [0, 0.1) is 34.5 Å². The molecule has 0 aromatic rings. The zero-order chi connectivity index (χ0) is 17.4. The van der Waals surface area contributed by atoms with Crippen LogP contribution in [0.4, 0.5) is 0 Å². The molecule has 3 heteroatoms. The Morgan fingerprint density at radius 2 is 2.00 bits per heavy atom. The van der Waals surface area contributed by atoms with E-state index in [4.69, 9.17) is 5.73 Å². The van der Waals surface area contributed by atoms with Gasteiger partial charge in [0, 0.05) is 25.1 Å². The fourth-order valence-electron chi connectivity index (χ4n) is 5.92. The van der Waals surface area contributed by atoms with Gasteiger partial charge >= 0.3 is 0 Å². The van der Waals surface area contributed by atoms with Crippen molar-refractivity contribution in [3.05, 3.63) is 12.3 Å². The number of hydrogen-bond donors (Lipinski definition) is 2. The van der Waals surface area contributed by atoms with Gasteiger partial charge in [-0.1, -0.05) is 40.7 Å². The molecule has 1 amide bonds. The summed E-state index contributed by atoms with van der Waals surface area (Å²) in [6.45, 7) is 15.9. The molecule has 3 nitrogen and oxygen atoms in total. The Balaban J connectivity index is 2.21. The third kappa shape index (κ3) is 3.29. The summed E-state index contributed by atoms with van der Waals surface area (Å²) < 4.78 is 0. The first-order chi connectivity index (χ1) is 10.6. The van der Waals surface area contributed by atoms with Gasteiger partial charge in [-0.05, 0) is 54.3 Å². The average molecular weight is 321 g/mol. The number of fused-ring (bicyclic) bond motifs is 1. The lowest BCUT2D eigenvalue weighted by atomic mass is 9.52. The minimum absolute atomic E-state index is 0.0760. The molecular formula is C20H36N2O. The summed E-state index contributed by atoms with van der Waals surface area (Å²) in [6.07, 6.45) is 6.18. The van der Waals surface area contributed by atoms with Gasteiger partial charge in [-0.3, -0.25) is 4.79 Å². The molecule has 2 saturated carbocycles. The molecule has 2 aliphatic carbocycles. The SMILES string of the molecule is C=C(N)C1CCC2C(CC)C(C(C)(C)CNC(C)=O)CCC12C. The summed E-state index contributed by atoms with van der Waals surface area (Å²) in [6, 6.07) is 0. The molecule has 5 atom stereocenters. The Labute approximate surface area is 142 Å². The normalized spacial score (nSPS) is 37.3. The first-order valence-corrected chi connectivity index (χ1v) is 9.32. The summed E-state index contributed by atoms with van der Waals surface area (Å²) in [7, 11) is 0. The Morgan fingerprint density at radius 1 is 1.35 bits per heavy atom. The van der Waals surface area contributed by atoms with Crippen molar-refractivity contribution < 1.29 is 4.79 Å². The number of carbonyl (C=O) groups is 1.